The molecule has 1 aliphatic carbocycles. The maximum atomic E-state index is 5.63. The van der Waals surface area contributed by atoms with Crippen molar-refractivity contribution >= 4 is 11.5 Å². The highest BCUT2D eigenvalue weighted by atomic mass is 15.0. The molecule has 3 nitrogen and oxygen atoms in total. The number of hydrogen-bond acceptors (Lipinski definition) is 3. The molecule has 0 bridgehead atoms. The molecular weight excluding hydrogens is 174 g/mol. The molecule has 1 aromatic heterocycles. The number of nitrogen functional groups attached to an aromatic ring is 1. The van der Waals surface area contributed by atoms with Crippen LogP contribution in [0.2, 0.25) is 0 Å². The number of nitrogens with zero attached hydrogens (tertiary/aromatic N) is 1. The molecule has 14 heavy (non-hydrogen) atoms. The summed E-state index contributed by atoms with van der Waals surface area (Å²) in [6, 6.07) is 3.88. The van der Waals surface area contributed by atoms with Crippen LogP contribution in [0.25, 0.3) is 0 Å². The third kappa shape index (κ3) is 1.67. The second-order valence-electron chi connectivity index (χ2n) is 4.08. The van der Waals surface area contributed by atoms with E-state index >= 15 is 0 Å². The summed E-state index contributed by atoms with van der Waals surface area (Å²) in [4.78, 5) is 3.98. The summed E-state index contributed by atoms with van der Waals surface area (Å²) < 4.78 is 0. The summed E-state index contributed by atoms with van der Waals surface area (Å²) in [6.07, 6.45) is 6.80. The summed E-state index contributed by atoms with van der Waals surface area (Å²) in [5.41, 5.74) is 7.05. The molecular formula is C11H17N3. The van der Waals surface area contributed by atoms with Crippen LogP contribution in [0.4, 0.5) is 11.5 Å². The minimum atomic E-state index is 0.327. The van der Waals surface area contributed by atoms with E-state index < -0.39 is 0 Å². The fraction of sp³-hybridized carbons (Fsp3) is 0.545. The predicted molar refractivity (Wildman–Crippen MR) is 59.1 cm³/mol. The minimum absolute atomic E-state index is 0.327. The SMILES string of the molecule is CCC1(Nc2ccnc(N)c2)CCC1. The van der Waals surface area contributed by atoms with Crippen LogP contribution in [-0.4, -0.2) is 10.5 Å². The van der Waals surface area contributed by atoms with E-state index in [4.69, 9.17) is 5.73 Å². The molecule has 2 rings (SSSR count). The average Bonchev–Trinajstić information content (AvgIpc) is 2.11. The standard InChI is InChI=1S/C11H17N3/c1-2-11(5-3-6-11)14-9-4-7-13-10(12)8-9/h4,7-8H,2-3,5-6H2,1H3,(H3,12,13,14). The predicted octanol–water partition coefficient (Wildman–Crippen LogP) is 2.41. The molecule has 3 heteroatoms. The van der Waals surface area contributed by atoms with Crippen LogP contribution < -0.4 is 11.1 Å². The number of rotatable bonds is 3. The first-order valence-corrected chi connectivity index (χ1v) is 5.24. The van der Waals surface area contributed by atoms with E-state index in [-0.39, 0.29) is 0 Å². The van der Waals surface area contributed by atoms with Crippen LogP contribution >= 0.6 is 0 Å². The lowest BCUT2D eigenvalue weighted by Gasteiger charge is -2.42. The van der Waals surface area contributed by atoms with Crippen LogP contribution in [-0.2, 0) is 0 Å². The van der Waals surface area contributed by atoms with Gasteiger partial charge in [-0.2, -0.15) is 0 Å². The zero-order valence-corrected chi connectivity index (χ0v) is 8.59. The first-order chi connectivity index (χ1) is 6.74. The van der Waals surface area contributed by atoms with E-state index in [9.17, 15) is 0 Å². The lowest BCUT2D eigenvalue weighted by molar-refractivity contribution is 0.269. The molecule has 0 radical (unpaired) electrons. The third-order valence-corrected chi connectivity index (χ3v) is 3.18. The van der Waals surface area contributed by atoms with E-state index in [1.54, 1.807) is 6.20 Å². The lowest BCUT2D eigenvalue weighted by atomic mass is 9.75. The van der Waals surface area contributed by atoms with Gasteiger partial charge in [-0.05, 0) is 31.7 Å². The lowest BCUT2D eigenvalue weighted by Crippen LogP contribution is -2.44. The van der Waals surface area contributed by atoms with Crippen LogP contribution in [0.15, 0.2) is 18.3 Å². The largest absolute Gasteiger partial charge is 0.384 e. The van der Waals surface area contributed by atoms with Crippen LogP contribution in [0.1, 0.15) is 32.6 Å². The van der Waals surface area contributed by atoms with E-state index in [1.807, 2.05) is 12.1 Å². The van der Waals surface area contributed by atoms with Gasteiger partial charge in [-0.3, -0.25) is 0 Å². The Balaban J connectivity index is 2.09. The number of aromatic nitrogens is 1. The Labute approximate surface area is 84.7 Å². The second-order valence-corrected chi connectivity index (χ2v) is 4.08. The van der Waals surface area contributed by atoms with Crippen LogP contribution in [0, 0.1) is 0 Å². The van der Waals surface area contributed by atoms with Gasteiger partial charge in [0.1, 0.15) is 5.82 Å². The number of anilines is 2. The van der Waals surface area contributed by atoms with Gasteiger partial charge in [0.2, 0.25) is 0 Å². The van der Waals surface area contributed by atoms with E-state index in [0.717, 1.165) is 5.69 Å². The summed E-state index contributed by atoms with van der Waals surface area (Å²) in [5.74, 6) is 0.584. The Morgan fingerprint density at radius 2 is 2.36 bits per heavy atom. The number of nitrogens with two attached hydrogens (primary N) is 1. The first kappa shape index (κ1) is 9.31. The summed E-state index contributed by atoms with van der Waals surface area (Å²) in [7, 11) is 0. The quantitative estimate of drug-likeness (QED) is 0.771. The smallest absolute Gasteiger partial charge is 0.125 e. The minimum Gasteiger partial charge on any atom is -0.384 e. The van der Waals surface area contributed by atoms with E-state index in [2.05, 4.69) is 17.2 Å². The fourth-order valence-corrected chi connectivity index (χ4v) is 2.00. The molecule has 0 saturated heterocycles. The molecule has 3 N–H and O–H groups in total. The van der Waals surface area contributed by atoms with Crippen molar-refractivity contribution in [2.45, 2.75) is 38.1 Å². The molecule has 0 aromatic carbocycles. The number of pyridine rings is 1. The molecule has 76 valence electrons. The molecule has 1 saturated carbocycles. The summed E-state index contributed by atoms with van der Waals surface area (Å²) >= 11 is 0. The fourth-order valence-electron chi connectivity index (χ4n) is 2.00. The summed E-state index contributed by atoms with van der Waals surface area (Å²) in [6.45, 7) is 2.23. The Hall–Kier alpha value is -1.25. The first-order valence-electron chi connectivity index (χ1n) is 5.24. The van der Waals surface area contributed by atoms with Gasteiger partial charge in [0.15, 0.2) is 0 Å². The van der Waals surface area contributed by atoms with Gasteiger partial charge in [-0.15, -0.1) is 0 Å². The maximum absolute atomic E-state index is 5.63. The van der Waals surface area contributed by atoms with Gasteiger partial charge < -0.3 is 11.1 Å². The normalized spacial score (nSPS) is 18.6. The van der Waals surface area contributed by atoms with Gasteiger partial charge in [0, 0.05) is 23.5 Å². The Kier molecular flexibility index (Phi) is 2.32. The zero-order chi connectivity index (χ0) is 10.0. The molecule has 1 aromatic rings. The van der Waals surface area contributed by atoms with Gasteiger partial charge in [-0.1, -0.05) is 6.92 Å². The van der Waals surface area contributed by atoms with E-state index in [0.29, 0.717) is 11.4 Å². The van der Waals surface area contributed by atoms with Gasteiger partial charge >= 0.3 is 0 Å². The van der Waals surface area contributed by atoms with E-state index in [1.165, 1.54) is 25.7 Å². The van der Waals surface area contributed by atoms with Crippen molar-refractivity contribution in [3.63, 3.8) is 0 Å². The third-order valence-electron chi connectivity index (χ3n) is 3.18. The molecule has 1 fully saturated rings. The van der Waals surface area contributed by atoms with Crippen molar-refractivity contribution in [2.24, 2.45) is 0 Å². The monoisotopic (exact) mass is 191 g/mol. The molecule has 0 unspecified atom stereocenters. The maximum Gasteiger partial charge on any atom is 0.125 e. The zero-order valence-electron chi connectivity index (χ0n) is 8.59. The molecule has 0 amide bonds. The van der Waals surface area contributed by atoms with Crippen molar-refractivity contribution in [2.75, 3.05) is 11.1 Å². The second kappa shape index (κ2) is 3.48. The highest BCUT2D eigenvalue weighted by molar-refractivity contribution is 5.51. The highest BCUT2D eigenvalue weighted by Gasteiger charge is 2.34. The van der Waals surface area contributed by atoms with Crippen LogP contribution in [0.3, 0.4) is 0 Å². The molecule has 1 heterocycles. The average molecular weight is 191 g/mol. The Morgan fingerprint density at radius 1 is 1.57 bits per heavy atom. The molecule has 0 aliphatic heterocycles. The number of nitrogens with one attached hydrogen (secondary N) is 1. The Morgan fingerprint density at radius 3 is 2.86 bits per heavy atom. The molecule has 0 atom stereocenters. The number of hydrogen-bond donors (Lipinski definition) is 2. The highest BCUT2D eigenvalue weighted by Crippen LogP contribution is 2.37. The molecule has 0 spiro atoms. The van der Waals surface area contributed by atoms with Gasteiger partial charge in [-0.25, -0.2) is 4.98 Å². The topological polar surface area (TPSA) is 50.9 Å². The van der Waals surface area contributed by atoms with Crippen molar-refractivity contribution in [3.8, 4) is 0 Å². The molecule has 1 aliphatic rings. The van der Waals surface area contributed by atoms with Crippen molar-refractivity contribution in [1.82, 2.24) is 4.98 Å². The Bertz CT molecular complexity index is 313. The summed E-state index contributed by atoms with van der Waals surface area (Å²) in [5, 5.41) is 3.56. The van der Waals surface area contributed by atoms with Crippen molar-refractivity contribution in [1.29, 1.82) is 0 Å². The van der Waals surface area contributed by atoms with Crippen molar-refractivity contribution < 1.29 is 0 Å². The van der Waals surface area contributed by atoms with Gasteiger partial charge in [0.25, 0.3) is 0 Å². The van der Waals surface area contributed by atoms with Crippen molar-refractivity contribution in [3.05, 3.63) is 18.3 Å². The van der Waals surface area contributed by atoms with Gasteiger partial charge in [0.05, 0.1) is 0 Å². The van der Waals surface area contributed by atoms with Crippen LogP contribution in [0.5, 0.6) is 0 Å².